The van der Waals surface area contributed by atoms with E-state index in [-0.39, 0.29) is 5.41 Å². The van der Waals surface area contributed by atoms with Gasteiger partial charge in [0.05, 0.1) is 5.41 Å². The van der Waals surface area contributed by atoms with E-state index in [4.69, 9.17) is 5.73 Å². The summed E-state index contributed by atoms with van der Waals surface area (Å²) in [4.78, 5) is 15.0. The summed E-state index contributed by atoms with van der Waals surface area (Å²) >= 11 is 3.51. The molecule has 0 bridgehead atoms. The number of carbonyl (C=O) groups is 1. The number of likely N-dealkylation sites (tertiary alicyclic amines) is 1. The number of amides is 1. The number of benzene rings is 1. The zero-order valence-electron chi connectivity index (χ0n) is 11.8. The molecule has 1 saturated heterocycles. The second-order valence-corrected chi connectivity index (χ2v) is 7.15. The predicted molar refractivity (Wildman–Crippen MR) is 83.4 cm³/mol. The molecule has 2 atom stereocenters. The van der Waals surface area contributed by atoms with Crippen LogP contribution in [0.15, 0.2) is 28.7 Å². The molecule has 0 radical (unpaired) electrons. The normalized spacial score (nSPS) is 27.6. The van der Waals surface area contributed by atoms with Crippen LogP contribution in [0.25, 0.3) is 0 Å². The SMILES string of the molecule is CC1CC(CN)CN1C(=O)C1(c2cccc(Br)c2)CC1. The van der Waals surface area contributed by atoms with Gasteiger partial charge in [-0.25, -0.2) is 0 Å². The van der Waals surface area contributed by atoms with E-state index in [0.29, 0.717) is 24.4 Å². The molecule has 20 heavy (non-hydrogen) atoms. The van der Waals surface area contributed by atoms with Crippen LogP contribution in [0.1, 0.15) is 31.7 Å². The second kappa shape index (κ2) is 5.15. The molecule has 1 aromatic carbocycles. The maximum absolute atomic E-state index is 13.0. The third-order valence-electron chi connectivity index (χ3n) is 4.79. The van der Waals surface area contributed by atoms with Crippen molar-refractivity contribution in [2.45, 2.75) is 37.6 Å². The molecule has 3 nitrogen and oxygen atoms in total. The lowest BCUT2D eigenvalue weighted by Gasteiger charge is -2.27. The monoisotopic (exact) mass is 336 g/mol. The fraction of sp³-hybridized carbons (Fsp3) is 0.562. The lowest BCUT2D eigenvalue weighted by molar-refractivity contribution is -0.134. The molecule has 1 heterocycles. The third kappa shape index (κ3) is 2.29. The summed E-state index contributed by atoms with van der Waals surface area (Å²) in [5.41, 5.74) is 6.66. The summed E-state index contributed by atoms with van der Waals surface area (Å²) in [5.74, 6) is 0.770. The van der Waals surface area contributed by atoms with Gasteiger partial charge < -0.3 is 10.6 Å². The van der Waals surface area contributed by atoms with Gasteiger partial charge in [-0.15, -0.1) is 0 Å². The summed E-state index contributed by atoms with van der Waals surface area (Å²) in [7, 11) is 0. The molecule has 1 aliphatic carbocycles. The standard InChI is InChI=1S/C16H21BrN2O/c1-11-7-12(9-18)10-19(11)15(20)16(5-6-16)13-3-2-4-14(17)8-13/h2-4,8,11-12H,5-7,9-10,18H2,1H3. The molecule has 2 N–H and O–H groups in total. The van der Waals surface area contributed by atoms with Crippen molar-refractivity contribution < 1.29 is 4.79 Å². The number of halogens is 1. The maximum atomic E-state index is 13.0. The van der Waals surface area contributed by atoms with Gasteiger partial charge in [0.1, 0.15) is 0 Å². The van der Waals surface area contributed by atoms with E-state index in [0.717, 1.165) is 35.8 Å². The maximum Gasteiger partial charge on any atom is 0.233 e. The van der Waals surface area contributed by atoms with Crippen LogP contribution in [-0.2, 0) is 10.2 Å². The van der Waals surface area contributed by atoms with Crippen molar-refractivity contribution in [1.82, 2.24) is 4.90 Å². The highest BCUT2D eigenvalue weighted by Crippen LogP contribution is 2.51. The van der Waals surface area contributed by atoms with Crippen LogP contribution in [0.3, 0.4) is 0 Å². The second-order valence-electron chi connectivity index (χ2n) is 6.24. The van der Waals surface area contributed by atoms with Gasteiger partial charge >= 0.3 is 0 Å². The van der Waals surface area contributed by atoms with Gasteiger partial charge in [0.15, 0.2) is 0 Å². The highest BCUT2D eigenvalue weighted by atomic mass is 79.9. The molecular formula is C16H21BrN2O. The number of nitrogens with zero attached hydrogens (tertiary/aromatic N) is 1. The molecular weight excluding hydrogens is 316 g/mol. The van der Waals surface area contributed by atoms with Crippen LogP contribution in [0, 0.1) is 5.92 Å². The Balaban J connectivity index is 1.84. The highest BCUT2D eigenvalue weighted by Gasteiger charge is 2.54. The molecule has 3 rings (SSSR count). The molecule has 0 spiro atoms. The molecule has 1 saturated carbocycles. The Labute approximate surface area is 128 Å². The summed E-state index contributed by atoms with van der Waals surface area (Å²) in [6, 6.07) is 8.51. The summed E-state index contributed by atoms with van der Waals surface area (Å²) in [6.45, 7) is 3.65. The highest BCUT2D eigenvalue weighted by molar-refractivity contribution is 9.10. The average molecular weight is 337 g/mol. The van der Waals surface area contributed by atoms with Crippen LogP contribution in [0.2, 0.25) is 0 Å². The van der Waals surface area contributed by atoms with Gasteiger partial charge in [0.2, 0.25) is 5.91 Å². The molecule has 0 aromatic heterocycles. The van der Waals surface area contributed by atoms with Gasteiger partial charge in [-0.1, -0.05) is 28.1 Å². The van der Waals surface area contributed by atoms with Crippen LogP contribution in [0.4, 0.5) is 0 Å². The lowest BCUT2D eigenvalue weighted by atomic mass is 9.94. The fourth-order valence-corrected chi connectivity index (χ4v) is 3.81. The molecule has 4 heteroatoms. The number of nitrogens with two attached hydrogens (primary N) is 1. The Kier molecular flexibility index (Phi) is 3.63. The molecule has 2 unspecified atom stereocenters. The van der Waals surface area contributed by atoms with Crippen LogP contribution in [-0.4, -0.2) is 29.9 Å². The van der Waals surface area contributed by atoms with Gasteiger partial charge in [-0.3, -0.25) is 4.79 Å². The molecule has 2 aliphatic rings. The van der Waals surface area contributed by atoms with Gasteiger partial charge in [0, 0.05) is 17.1 Å². The van der Waals surface area contributed by atoms with Crippen molar-refractivity contribution in [1.29, 1.82) is 0 Å². The van der Waals surface area contributed by atoms with Crippen LogP contribution in [0.5, 0.6) is 0 Å². The molecule has 2 fully saturated rings. The lowest BCUT2D eigenvalue weighted by Crippen LogP contribution is -2.41. The first-order valence-corrected chi connectivity index (χ1v) is 8.13. The number of hydrogen-bond donors (Lipinski definition) is 1. The topological polar surface area (TPSA) is 46.3 Å². The van der Waals surface area contributed by atoms with Gasteiger partial charge in [-0.2, -0.15) is 0 Å². The van der Waals surface area contributed by atoms with Gasteiger partial charge in [-0.05, 0) is 56.3 Å². The van der Waals surface area contributed by atoms with Crippen molar-refractivity contribution in [2.75, 3.05) is 13.1 Å². The van der Waals surface area contributed by atoms with Crippen molar-refractivity contribution >= 4 is 21.8 Å². The van der Waals surface area contributed by atoms with Crippen molar-refractivity contribution in [2.24, 2.45) is 11.7 Å². The first kappa shape index (κ1) is 14.1. The largest absolute Gasteiger partial charge is 0.339 e. The Morgan fingerprint density at radius 2 is 2.25 bits per heavy atom. The first-order valence-electron chi connectivity index (χ1n) is 7.34. The van der Waals surface area contributed by atoms with E-state index >= 15 is 0 Å². The quantitative estimate of drug-likeness (QED) is 0.922. The van der Waals surface area contributed by atoms with Crippen molar-refractivity contribution in [3.8, 4) is 0 Å². The minimum absolute atomic E-state index is 0.262. The zero-order chi connectivity index (χ0) is 14.3. The minimum Gasteiger partial charge on any atom is -0.339 e. The number of rotatable bonds is 3. The Bertz CT molecular complexity index is 527. The Morgan fingerprint density at radius 3 is 2.80 bits per heavy atom. The Morgan fingerprint density at radius 1 is 1.50 bits per heavy atom. The van der Waals surface area contributed by atoms with E-state index in [1.165, 1.54) is 0 Å². The van der Waals surface area contributed by atoms with Crippen molar-refractivity contribution in [3.05, 3.63) is 34.3 Å². The van der Waals surface area contributed by atoms with E-state index in [2.05, 4.69) is 39.9 Å². The Hall–Kier alpha value is -0.870. The van der Waals surface area contributed by atoms with E-state index in [1.807, 2.05) is 12.1 Å². The van der Waals surface area contributed by atoms with E-state index in [9.17, 15) is 4.79 Å². The minimum atomic E-state index is -0.262. The van der Waals surface area contributed by atoms with E-state index in [1.54, 1.807) is 0 Å². The predicted octanol–water partition coefficient (Wildman–Crippen LogP) is 2.68. The van der Waals surface area contributed by atoms with E-state index < -0.39 is 0 Å². The molecule has 1 amide bonds. The fourth-order valence-electron chi connectivity index (χ4n) is 3.41. The summed E-state index contributed by atoms with van der Waals surface area (Å²) in [5, 5.41) is 0. The average Bonchev–Trinajstić information content (AvgIpc) is 3.16. The van der Waals surface area contributed by atoms with Gasteiger partial charge in [0.25, 0.3) is 0 Å². The third-order valence-corrected chi connectivity index (χ3v) is 5.29. The van der Waals surface area contributed by atoms with Crippen LogP contribution < -0.4 is 5.73 Å². The van der Waals surface area contributed by atoms with Crippen molar-refractivity contribution in [3.63, 3.8) is 0 Å². The number of hydrogen-bond acceptors (Lipinski definition) is 2. The smallest absolute Gasteiger partial charge is 0.233 e. The van der Waals surface area contributed by atoms with Crippen LogP contribution >= 0.6 is 15.9 Å². The summed E-state index contributed by atoms with van der Waals surface area (Å²) in [6.07, 6.45) is 2.98. The molecule has 108 valence electrons. The molecule has 1 aliphatic heterocycles. The molecule has 1 aromatic rings. The zero-order valence-corrected chi connectivity index (χ0v) is 13.4. The number of carbonyl (C=O) groups excluding carboxylic acids is 1. The first-order chi connectivity index (χ1) is 9.56. The summed E-state index contributed by atoms with van der Waals surface area (Å²) < 4.78 is 1.04.